The summed E-state index contributed by atoms with van der Waals surface area (Å²) in [6.45, 7) is 0.658. The van der Waals surface area contributed by atoms with Gasteiger partial charge in [-0.1, -0.05) is 5.21 Å². The number of hydrogen-bond donors (Lipinski definition) is 2. The number of carboxylic acids is 1. The second-order valence-electron chi connectivity index (χ2n) is 4.24. The molecule has 0 aliphatic heterocycles. The fourth-order valence-electron chi connectivity index (χ4n) is 1.56. The molecule has 0 atom stereocenters. The van der Waals surface area contributed by atoms with Crippen LogP contribution in [0.4, 0.5) is 0 Å². The Labute approximate surface area is 119 Å². The van der Waals surface area contributed by atoms with Gasteiger partial charge in [0.05, 0.1) is 18.9 Å². The fourth-order valence-corrected chi connectivity index (χ4v) is 1.56. The van der Waals surface area contributed by atoms with Crippen LogP contribution in [0.25, 0.3) is 6.08 Å². The average Bonchev–Trinajstić information content (AvgIpc) is 3.05. The molecule has 0 fully saturated rings. The molecule has 1 amide bonds. The summed E-state index contributed by atoms with van der Waals surface area (Å²) in [5.41, 5.74) is 0.702. The lowest BCUT2D eigenvalue weighted by Gasteiger charge is -2.01. The number of aromatic carboxylic acids is 1. The predicted molar refractivity (Wildman–Crippen MR) is 72.2 cm³/mol. The lowest BCUT2D eigenvalue weighted by atomic mass is 10.3. The first-order valence-corrected chi connectivity index (χ1v) is 6.12. The third-order valence-corrected chi connectivity index (χ3v) is 2.55. The molecule has 2 N–H and O–H groups in total. The van der Waals surface area contributed by atoms with Crippen molar-refractivity contribution < 1.29 is 14.7 Å². The molecule has 110 valence electrons. The van der Waals surface area contributed by atoms with Gasteiger partial charge in [-0.25, -0.2) is 9.48 Å². The van der Waals surface area contributed by atoms with Gasteiger partial charge in [0.15, 0.2) is 5.69 Å². The molecule has 9 heteroatoms. The third kappa shape index (κ3) is 4.27. The summed E-state index contributed by atoms with van der Waals surface area (Å²) in [4.78, 5) is 22.2. The van der Waals surface area contributed by atoms with Crippen LogP contribution in [0, 0.1) is 0 Å². The van der Waals surface area contributed by atoms with Crippen molar-refractivity contribution in [2.45, 2.75) is 6.54 Å². The maximum atomic E-state index is 11.6. The van der Waals surface area contributed by atoms with Crippen LogP contribution in [-0.2, 0) is 18.4 Å². The van der Waals surface area contributed by atoms with E-state index in [-0.39, 0.29) is 11.6 Å². The van der Waals surface area contributed by atoms with Gasteiger partial charge >= 0.3 is 5.97 Å². The highest BCUT2D eigenvalue weighted by Crippen LogP contribution is 1.98. The molecule has 0 aliphatic carbocycles. The summed E-state index contributed by atoms with van der Waals surface area (Å²) in [6, 6.07) is 0. The molecule has 0 spiro atoms. The Bertz CT molecular complexity index is 672. The number of hydrogen-bond acceptors (Lipinski definition) is 5. The van der Waals surface area contributed by atoms with E-state index in [1.54, 1.807) is 30.2 Å². The minimum atomic E-state index is -1.13. The topological polar surface area (TPSA) is 115 Å². The lowest BCUT2D eigenvalue weighted by molar-refractivity contribution is -0.116. The van der Waals surface area contributed by atoms with Crippen molar-refractivity contribution in [1.29, 1.82) is 0 Å². The number of aromatic nitrogens is 5. The van der Waals surface area contributed by atoms with E-state index >= 15 is 0 Å². The van der Waals surface area contributed by atoms with Gasteiger partial charge in [0.1, 0.15) is 0 Å². The second kappa shape index (κ2) is 6.46. The number of amides is 1. The molecule has 0 radical (unpaired) electrons. The van der Waals surface area contributed by atoms with Crippen molar-refractivity contribution in [3.05, 3.63) is 35.9 Å². The van der Waals surface area contributed by atoms with Crippen LogP contribution in [0.2, 0.25) is 0 Å². The molecular weight excluding hydrogens is 276 g/mol. The van der Waals surface area contributed by atoms with Crippen LogP contribution in [0.5, 0.6) is 0 Å². The molecular formula is C12H14N6O3. The summed E-state index contributed by atoms with van der Waals surface area (Å²) in [7, 11) is 1.79. The first-order chi connectivity index (χ1) is 10.0. The van der Waals surface area contributed by atoms with Crippen LogP contribution >= 0.6 is 0 Å². The maximum absolute atomic E-state index is 11.6. The zero-order valence-corrected chi connectivity index (χ0v) is 11.3. The van der Waals surface area contributed by atoms with Crippen LogP contribution in [-0.4, -0.2) is 48.3 Å². The summed E-state index contributed by atoms with van der Waals surface area (Å²) in [5, 5.41) is 22.4. The average molecular weight is 290 g/mol. The maximum Gasteiger partial charge on any atom is 0.358 e. The number of rotatable bonds is 6. The SMILES string of the molecule is Cn1cc(C=CC(=O)NCCn2cc(C(=O)O)nn2)cn1. The Balaban J connectivity index is 1.76. The molecule has 9 nitrogen and oxygen atoms in total. The van der Waals surface area contributed by atoms with E-state index in [1.807, 2.05) is 0 Å². The van der Waals surface area contributed by atoms with E-state index < -0.39 is 5.97 Å². The Kier molecular flexibility index (Phi) is 4.44. The van der Waals surface area contributed by atoms with Crippen LogP contribution < -0.4 is 5.32 Å². The van der Waals surface area contributed by atoms with E-state index in [9.17, 15) is 9.59 Å². The summed E-state index contributed by atoms with van der Waals surface area (Å²) < 4.78 is 3.00. The monoisotopic (exact) mass is 290 g/mol. The van der Waals surface area contributed by atoms with Crippen molar-refractivity contribution in [3.8, 4) is 0 Å². The van der Waals surface area contributed by atoms with E-state index in [2.05, 4.69) is 20.7 Å². The van der Waals surface area contributed by atoms with Gasteiger partial charge in [0.25, 0.3) is 0 Å². The van der Waals surface area contributed by atoms with Gasteiger partial charge in [-0.15, -0.1) is 5.10 Å². The van der Waals surface area contributed by atoms with Crippen LogP contribution in [0.15, 0.2) is 24.7 Å². The Morgan fingerprint density at radius 3 is 2.86 bits per heavy atom. The highest BCUT2D eigenvalue weighted by molar-refractivity contribution is 5.91. The quantitative estimate of drug-likeness (QED) is 0.696. The van der Waals surface area contributed by atoms with Crippen LogP contribution in [0.1, 0.15) is 16.1 Å². The van der Waals surface area contributed by atoms with Gasteiger partial charge in [0.2, 0.25) is 5.91 Å². The number of carbonyl (C=O) groups is 2. The number of aryl methyl sites for hydroxylation is 1. The number of carbonyl (C=O) groups excluding carboxylic acids is 1. The molecule has 0 bridgehead atoms. The fraction of sp³-hybridized carbons (Fsp3) is 0.250. The minimum Gasteiger partial charge on any atom is -0.476 e. The number of carboxylic acid groups (broad SMARTS) is 1. The van der Waals surface area contributed by atoms with Gasteiger partial charge < -0.3 is 10.4 Å². The van der Waals surface area contributed by atoms with E-state index in [4.69, 9.17) is 5.11 Å². The smallest absolute Gasteiger partial charge is 0.358 e. The summed E-state index contributed by atoms with van der Waals surface area (Å²) in [6.07, 6.45) is 7.79. The molecule has 2 rings (SSSR count). The number of nitrogens with zero attached hydrogens (tertiary/aromatic N) is 5. The molecule has 0 saturated carbocycles. The van der Waals surface area contributed by atoms with E-state index in [0.29, 0.717) is 13.1 Å². The molecule has 0 aliphatic rings. The zero-order valence-electron chi connectivity index (χ0n) is 11.3. The van der Waals surface area contributed by atoms with Crippen molar-refractivity contribution in [2.24, 2.45) is 7.05 Å². The first kappa shape index (κ1) is 14.4. The standard InChI is InChI=1S/C12H14N6O3/c1-17-7-9(6-14-17)2-3-11(19)13-4-5-18-8-10(12(20)21)15-16-18/h2-3,6-8H,4-5H2,1H3,(H,13,19)(H,20,21). The largest absolute Gasteiger partial charge is 0.476 e. The molecule has 2 aromatic heterocycles. The Hall–Kier alpha value is -2.97. The molecule has 0 saturated heterocycles. The molecule has 2 aromatic rings. The predicted octanol–water partition coefficient (Wildman–Crippen LogP) is -0.461. The van der Waals surface area contributed by atoms with E-state index in [0.717, 1.165) is 5.56 Å². The zero-order chi connectivity index (χ0) is 15.2. The molecule has 0 aromatic carbocycles. The van der Waals surface area contributed by atoms with Crippen LogP contribution in [0.3, 0.4) is 0 Å². The summed E-state index contributed by atoms with van der Waals surface area (Å²) >= 11 is 0. The van der Waals surface area contributed by atoms with E-state index in [1.165, 1.54) is 17.0 Å². The Morgan fingerprint density at radius 1 is 1.43 bits per heavy atom. The highest BCUT2D eigenvalue weighted by atomic mass is 16.4. The molecule has 21 heavy (non-hydrogen) atoms. The first-order valence-electron chi connectivity index (χ1n) is 6.12. The van der Waals surface area contributed by atoms with Gasteiger partial charge in [-0.2, -0.15) is 5.10 Å². The molecule has 2 heterocycles. The molecule has 0 unspecified atom stereocenters. The second-order valence-corrected chi connectivity index (χ2v) is 4.24. The van der Waals surface area contributed by atoms with Gasteiger partial charge in [-0.05, 0) is 6.08 Å². The lowest BCUT2D eigenvalue weighted by Crippen LogP contribution is -2.25. The normalized spacial score (nSPS) is 10.9. The number of nitrogens with one attached hydrogen (secondary N) is 1. The van der Waals surface area contributed by atoms with Gasteiger partial charge in [0, 0.05) is 31.4 Å². The van der Waals surface area contributed by atoms with Crippen molar-refractivity contribution in [1.82, 2.24) is 30.1 Å². The van der Waals surface area contributed by atoms with Gasteiger partial charge in [-0.3, -0.25) is 9.48 Å². The minimum absolute atomic E-state index is 0.127. The Morgan fingerprint density at radius 2 is 2.24 bits per heavy atom. The third-order valence-electron chi connectivity index (χ3n) is 2.55. The van der Waals surface area contributed by atoms with Crippen molar-refractivity contribution in [3.63, 3.8) is 0 Å². The van der Waals surface area contributed by atoms with Crippen molar-refractivity contribution in [2.75, 3.05) is 6.54 Å². The summed E-state index contributed by atoms with van der Waals surface area (Å²) in [5.74, 6) is -1.39. The van der Waals surface area contributed by atoms with Crippen molar-refractivity contribution >= 4 is 18.0 Å². The highest BCUT2D eigenvalue weighted by Gasteiger charge is 2.07.